The Morgan fingerprint density at radius 1 is 1.06 bits per heavy atom. The van der Waals surface area contributed by atoms with E-state index in [0.29, 0.717) is 34.0 Å². The summed E-state index contributed by atoms with van der Waals surface area (Å²) < 4.78 is 34.4. The molecule has 1 N–H and O–H groups in total. The largest absolute Gasteiger partial charge is 0.457 e. The number of carbonyl (C=O) groups excluding carboxylic acids is 1. The van der Waals surface area contributed by atoms with Gasteiger partial charge in [0.1, 0.15) is 23.1 Å². The van der Waals surface area contributed by atoms with Crippen LogP contribution >= 0.6 is 0 Å². The standard InChI is InChI=1S/C24H20F2N4O2/c1-15-7-9-30(29-15)23-13-20(6-8-27-23)32-22-5-3-4-21(16(22)2)24(31)28-14-17-10-18(25)12-19(26)11-17/h3-13H,14H2,1-2H3,(H,28,31). The summed E-state index contributed by atoms with van der Waals surface area (Å²) in [5.41, 5.74) is 2.23. The maximum atomic E-state index is 13.4. The van der Waals surface area contributed by atoms with Crippen LogP contribution in [0.15, 0.2) is 67.0 Å². The minimum absolute atomic E-state index is 0.00492. The number of hydrogen-bond donors (Lipinski definition) is 1. The molecule has 8 heteroatoms. The van der Waals surface area contributed by atoms with E-state index < -0.39 is 11.6 Å². The van der Waals surface area contributed by atoms with Crippen LogP contribution in [0.25, 0.3) is 5.82 Å². The van der Waals surface area contributed by atoms with E-state index in [4.69, 9.17) is 4.74 Å². The average molecular weight is 434 g/mol. The van der Waals surface area contributed by atoms with Crippen LogP contribution in [0, 0.1) is 25.5 Å². The van der Waals surface area contributed by atoms with Crippen molar-refractivity contribution >= 4 is 5.91 Å². The quantitative estimate of drug-likeness (QED) is 0.469. The zero-order valence-electron chi connectivity index (χ0n) is 17.5. The number of pyridine rings is 1. The van der Waals surface area contributed by atoms with Gasteiger partial charge in [0.15, 0.2) is 5.82 Å². The molecule has 2 aromatic carbocycles. The van der Waals surface area contributed by atoms with Crippen LogP contribution in [-0.4, -0.2) is 20.7 Å². The van der Waals surface area contributed by atoms with Crippen molar-refractivity contribution in [1.29, 1.82) is 0 Å². The van der Waals surface area contributed by atoms with Gasteiger partial charge in [-0.1, -0.05) is 6.07 Å². The fraction of sp³-hybridized carbons (Fsp3) is 0.125. The summed E-state index contributed by atoms with van der Waals surface area (Å²) in [5, 5.41) is 7.02. The van der Waals surface area contributed by atoms with Gasteiger partial charge in [-0.25, -0.2) is 18.4 Å². The number of nitrogens with one attached hydrogen (secondary N) is 1. The lowest BCUT2D eigenvalue weighted by Crippen LogP contribution is -2.23. The number of hydrogen-bond acceptors (Lipinski definition) is 4. The van der Waals surface area contributed by atoms with Gasteiger partial charge >= 0.3 is 0 Å². The van der Waals surface area contributed by atoms with Gasteiger partial charge in [-0.2, -0.15) is 5.10 Å². The topological polar surface area (TPSA) is 69.0 Å². The Bertz CT molecular complexity index is 1270. The number of rotatable bonds is 6. The number of carbonyl (C=O) groups is 1. The molecule has 2 aromatic heterocycles. The van der Waals surface area contributed by atoms with Crippen LogP contribution in [0.1, 0.15) is 27.2 Å². The second-order valence-electron chi connectivity index (χ2n) is 7.24. The summed E-state index contributed by atoms with van der Waals surface area (Å²) in [6, 6.07) is 13.6. The van der Waals surface area contributed by atoms with E-state index in [-0.39, 0.29) is 12.5 Å². The number of aromatic nitrogens is 3. The molecule has 0 spiro atoms. The lowest BCUT2D eigenvalue weighted by atomic mass is 10.1. The fourth-order valence-electron chi connectivity index (χ4n) is 3.22. The molecule has 0 saturated carbocycles. The summed E-state index contributed by atoms with van der Waals surface area (Å²) in [6.07, 6.45) is 3.42. The van der Waals surface area contributed by atoms with Gasteiger partial charge in [-0.05, 0) is 55.8 Å². The van der Waals surface area contributed by atoms with Crippen molar-refractivity contribution in [3.63, 3.8) is 0 Å². The Labute approximate surface area is 183 Å². The number of aryl methyl sites for hydroxylation is 1. The van der Waals surface area contributed by atoms with Gasteiger partial charge in [0, 0.05) is 42.2 Å². The number of halogens is 2. The molecule has 0 saturated heterocycles. The normalized spacial score (nSPS) is 10.8. The summed E-state index contributed by atoms with van der Waals surface area (Å²) >= 11 is 0. The fourth-order valence-corrected chi connectivity index (χ4v) is 3.22. The molecule has 0 atom stereocenters. The molecule has 4 rings (SSSR count). The van der Waals surface area contributed by atoms with E-state index >= 15 is 0 Å². The average Bonchev–Trinajstić information content (AvgIpc) is 3.19. The first-order chi connectivity index (χ1) is 15.4. The highest BCUT2D eigenvalue weighted by molar-refractivity contribution is 5.96. The summed E-state index contributed by atoms with van der Waals surface area (Å²) in [6.45, 7) is 3.65. The first-order valence-corrected chi connectivity index (χ1v) is 9.88. The van der Waals surface area contributed by atoms with Crippen molar-refractivity contribution in [2.24, 2.45) is 0 Å². The van der Waals surface area contributed by atoms with Crippen LogP contribution < -0.4 is 10.1 Å². The number of benzene rings is 2. The highest BCUT2D eigenvalue weighted by atomic mass is 19.1. The Morgan fingerprint density at radius 2 is 1.84 bits per heavy atom. The molecule has 0 radical (unpaired) electrons. The van der Waals surface area contributed by atoms with Crippen molar-refractivity contribution < 1.29 is 18.3 Å². The lowest BCUT2D eigenvalue weighted by Gasteiger charge is -2.13. The Hall–Kier alpha value is -4.07. The molecule has 4 aromatic rings. The van der Waals surface area contributed by atoms with Gasteiger partial charge in [-0.15, -0.1) is 0 Å². The molecule has 0 aliphatic rings. The zero-order chi connectivity index (χ0) is 22.7. The molecular formula is C24H20F2N4O2. The van der Waals surface area contributed by atoms with E-state index in [1.807, 2.05) is 19.2 Å². The first-order valence-electron chi connectivity index (χ1n) is 9.88. The molecule has 32 heavy (non-hydrogen) atoms. The van der Waals surface area contributed by atoms with Gasteiger partial charge < -0.3 is 10.1 Å². The summed E-state index contributed by atoms with van der Waals surface area (Å²) in [4.78, 5) is 17.0. The molecule has 0 fully saturated rings. The van der Waals surface area contributed by atoms with Gasteiger partial charge in [0.2, 0.25) is 0 Å². The van der Waals surface area contributed by atoms with E-state index in [9.17, 15) is 13.6 Å². The van der Waals surface area contributed by atoms with Crippen molar-refractivity contribution in [2.75, 3.05) is 0 Å². The second-order valence-corrected chi connectivity index (χ2v) is 7.24. The van der Waals surface area contributed by atoms with E-state index in [1.165, 1.54) is 12.1 Å². The molecule has 1 amide bonds. The number of ether oxygens (including phenoxy) is 1. The van der Waals surface area contributed by atoms with Crippen molar-refractivity contribution in [1.82, 2.24) is 20.1 Å². The van der Waals surface area contributed by atoms with Gasteiger partial charge in [0.05, 0.1) is 5.69 Å². The predicted octanol–water partition coefficient (Wildman–Crippen LogP) is 4.88. The highest BCUT2D eigenvalue weighted by Crippen LogP contribution is 2.28. The highest BCUT2D eigenvalue weighted by Gasteiger charge is 2.14. The number of amides is 1. The lowest BCUT2D eigenvalue weighted by molar-refractivity contribution is 0.0950. The molecule has 6 nitrogen and oxygen atoms in total. The van der Waals surface area contributed by atoms with Crippen molar-refractivity contribution in [2.45, 2.75) is 20.4 Å². The first kappa shape index (κ1) is 21.2. The third kappa shape index (κ3) is 4.80. The molecule has 0 unspecified atom stereocenters. The molecular weight excluding hydrogens is 414 g/mol. The Balaban J connectivity index is 1.50. The number of nitrogens with zero attached hydrogens (tertiary/aromatic N) is 3. The predicted molar refractivity (Wildman–Crippen MR) is 115 cm³/mol. The summed E-state index contributed by atoms with van der Waals surface area (Å²) in [5.74, 6) is -0.113. The van der Waals surface area contributed by atoms with Crippen molar-refractivity contribution in [3.05, 3.63) is 101 Å². The third-order valence-electron chi connectivity index (χ3n) is 4.81. The third-order valence-corrected chi connectivity index (χ3v) is 4.81. The smallest absolute Gasteiger partial charge is 0.251 e. The molecule has 162 valence electrons. The maximum absolute atomic E-state index is 13.4. The summed E-state index contributed by atoms with van der Waals surface area (Å²) in [7, 11) is 0. The van der Waals surface area contributed by atoms with Crippen LogP contribution in [0.5, 0.6) is 11.5 Å². The molecule has 0 aliphatic carbocycles. The zero-order valence-corrected chi connectivity index (χ0v) is 17.5. The van der Waals surface area contributed by atoms with Gasteiger partial charge in [0.25, 0.3) is 5.91 Å². The SMILES string of the molecule is Cc1ccn(-c2cc(Oc3cccc(C(=O)NCc4cc(F)cc(F)c4)c3C)ccn2)n1. The van der Waals surface area contributed by atoms with E-state index in [0.717, 1.165) is 11.8 Å². The molecule has 0 bridgehead atoms. The minimum atomic E-state index is -0.692. The van der Waals surface area contributed by atoms with Crippen molar-refractivity contribution in [3.8, 4) is 17.3 Å². The van der Waals surface area contributed by atoms with E-state index in [1.54, 1.807) is 48.1 Å². The Morgan fingerprint density at radius 3 is 2.56 bits per heavy atom. The van der Waals surface area contributed by atoms with Crippen LogP contribution in [-0.2, 0) is 6.54 Å². The van der Waals surface area contributed by atoms with E-state index in [2.05, 4.69) is 15.4 Å². The maximum Gasteiger partial charge on any atom is 0.251 e. The minimum Gasteiger partial charge on any atom is -0.457 e. The van der Waals surface area contributed by atoms with Crippen LogP contribution in [0.3, 0.4) is 0 Å². The van der Waals surface area contributed by atoms with Crippen LogP contribution in [0.4, 0.5) is 8.78 Å². The molecule has 0 aliphatic heterocycles. The molecule has 2 heterocycles. The van der Waals surface area contributed by atoms with Gasteiger partial charge in [-0.3, -0.25) is 4.79 Å². The Kier molecular flexibility index (Phi) is 5.93. The monoisotopic (exact) mass is 434 g/mol. The van der Waals surface area contributed by atoms with Crippen LogP contribution in [0.2, 0.25) is 0 Å². The second kappa shape index (κ2) is 8.97.